The number of fused-ring (bicyclic) bond motifs is 3. The monoisotopic (exact) mass is 435 g/mol. The predicted octanol–water partition coefficient (Wildman–Crippen LogP) is 3.84. The van der Waals surface area contributed by atoms with E-state index in [1.165, 1.54) is 37.1 Å². The van der Waals surface area contributed by atoms with Crippen molar-refractivity contribution in [2.45, 2.75) is 37.8 Å². The molecule has 2 aromatic rings. The fourth-order valence-corrected chi connectivity index (χ4v) is 6.26. The normalized spacial score (nSPS) is 28.5. The number of likely N-dealkylation sites (N-methyl/N-ethyl adjacent to an activating group) is 1. The molecule has 4 heterocycles. The van der Waals surface area contributed by atoms with Crippen molar-refractivity contribution in [2.75, 3.05) is 52.9 Å². The molecule has 32 heavy (non-hydrogen) atoms. The van der Waals surface area contributed by atoms with Crippen molar-refractivity contribution < 1.29 is 6.53 Å². The lowest BCUT2D eigenvalue weighted by molar-refractivity contribution is -0.106. The fraction of sp³-hybridized carbons (Fsp3) is 0.571. The van der Waals surface area contributed by atoms with E-state index >= 15 is 0 Å². The molecule has 0 aliphatic carbocycles. The summed E-state index contributed by atoms with van der Waals surface area (Å²) >= 11 is 0. The van der Waals surface area contributed by atoms with Crippen LogP contribution >= 0.6 is 0 Å². The summed E-state index contributed by atoms with van der Waals surface area (Å²) in [5, 5.41) is 12.2. The summed E-state index contributed by atoms with van der Waals surface area (Å²) in [5.41, 5.74) is 3.11. The number of nitrogens with zero attached hydrogens (tertiary/aromatic N) is 3. The maximum atomic E-state index is 12.2. The summed E-state index contributed by atoms with van der Waals surface area (Å²) in [6.07, 6.45) is 4.19. The summed E-state index contributed by atoms with van der Waals surface area (Å²) in [7, 11) is 2.21. The van der Waals surface area contributed by atoms with Crippen LogP contribution in [-0.2, 0) is 18.6 Å². The second kappa shape index (κ2) is 9.64. The average molecular weight is 436 g/mol. The number of piperazine rings is 1. The second-order valence-electron chi connectivity index (χ2n) is 10.4. The van der Waals surface area contributed by atoms with Gasteiger partial charge in [-0.15, -0.1) is 0 Å². The van der Waals surface area contributed by atoms with Gasteiger partial charge in [0.05, 0.1) is 5.60 Å². The number of rotatable bonds is 7. The van der Waals surface area contributed by atoms with Crippen LogP contribution in [0.15, 0.2) is 54.6 Å². The lowest BCUT2D eigenvalue weighted by Gasteiger charge is -2.51. The molecule has 2 aromatic carbocycles. The number of aryl methyl sites for hydroxylation is 1. The molecular weight excluding hydrogens is 394 g/mol. The fourth-order valence-electron chi connectivity index (χ4n) is 6.26. The first-order valence-electron chi connectivity index (χ1n) is 12.6. The van der Waals surface area contributed by atoms with Crippen LogP contribution < -0.4 is 0 Å². The lowest BCUT2D eigenvalue weighted by Crippen LogP contribution is -2.55. The van der Waals surface area contributed by atoms with Crippen LogP contribution in [0.4, 0.5) is 0 Å². The highest BCUT2D eigenvalue weighted by atomic mass is 16.3. The molecule has 0 radical (unpaired) electrons. The Labute approximate surface area is 195 Å². The Bertz CT molecular complexity index is 878. The van der Waals surface area contributed by atoms with E-state index in [4.69, 9.17) is 0 Å². The van der Waals surface area contributed by atoms with Crippen LogP contribution in [0.5, 0.6) is 0 Å². The van der Waals surface area contributed by atoms with Crippen LogP contribution in [0.3, 0.4) is 0 Å². The van der Waals surface area contributed by atoms with E-state index in [2.05, 4.69) is 76.3 Å². The molecule has 174 valence electrons. The highest BCUT2D eigenvalue weighted by Gasteiger charge is 2.47. The van der Waals surface area contributed by atoms with E-state index in [0.717, 1.165) is 57.7 Å². The minimum atomic E-state index is -0.752. The van der Waals surface area contributed by atoms with Gasteiger partial charge in [-0.2, -0.15) is 0 Å². The molecule has 2 atom stereocenters. The van der Waals surface area contributed by atoms with Gasteiger partial charge in [0.1, 0.15) is 0 Å². The first kappa shape index (κ1) is 22.1. The quantitative estimate of drug-likeness (QED) is 0.716. The van der Waals surface area contributed by atoms with Gasteiger partial charge in [-0.3, -0.25) is 4.90 Å². The van der Waals surface area contributed by atoms with Crippen molar-refractivity contribution in [3.05, 3.63) is 71.3 Å². The van der Waals surface area contributed by atoms with Gasteiger partial charge in [-0.05, 0) is 68.4 Å². The largest absolute Gasteiger partial charge is 0.385 e. The molecule has 0 saturated carbocycles. The van der Waals surface area contributed by atoms with Crippen LogP contribution in [0.1, 0.15) is 37.4 Å². The van der Waals surface area contributed by atoms with Gasteiger partial charge in [-0.25, -0.2) is 0 Å². The highest BCUT2D eigenvalue weighted by molar-refractivity contribution is 5.27. The zero-order valence-electron chi connectivity index (χ0n) is 19.6. The van der Waals surface area contributed by atoms with Crippen LogP contribution in [-0.4, -0.2) is 72.7 Å². The number of hydrogen-bond donors (Lipinski definition) is 1. The van der Waals surface area contributed by atoms with E-state index in [1.54, 1.807) is 0 Å². The molecule has 4 heteroatoms. The molecule has 4 nitrogen and oxygen atoms in total. The van der Waals surface area contributed by atoms with Gasteiger partial charge in [0.15, 0.2) is 0 Å². The third-order valence-electron chi connectivity index (χ3n) is 8.33. The number of aliphatic hydroxyl groups is 1. The van der Waals surface area contributed by atoms with Crippen molar-refractivity contribution in [1.82, 2.24) is 14.7 Å². The van der Waals surface area contributed by atoms with E-state index in [1.807, 2.05) is 0 Å². The Morgan fingerprint density at radius 1 is 0.906 bits per heavy atom. The third-order valence-corrected chi connectivity index (χ3v) is 8.33. The van der Waals surface area contributed by atoms with Crippen molar-refractivity contribution in [3.63, 3.8) is 0 Å². The van der Waals surface area contributed by atoms with Crippen LogP contribution in [0, 0.1) is 11.8 Å². The topological polar surface area (TPSA) is 30.0 Å². The minimum Gasteiger partial charge on any atom is -0.385 e. The SMILES string of the molecule is CN1CCN(Cc2cccc(CCC(O)(c3ccccc3)C3CN4CCC3CC4)c2)CC1.[HH]. The number of benzene rings is 2. The lowest BCUT2D eigenvalue weighted by atomic mass is 9.66. The van der Waals surface area contributed by atoms with Gasteiger partial charge in [0, 0.05) is 46.6 Å². The molecule has 2 unspecified atom stereocenters. The molecule has 0 amide bonds. The van der Waals surface area contributed by atoms with Crippen molar-refractivity contribution >= 4 is 0 Å². The summed E-state index contributed by atoms with van der Waals surface area (Å²) in [6.45, 7) is 9.10. The smallest absolute Gasteiger partial charge is 0.0942 e. The van der Waals surface area contributed by atoms with E-state index in [-0.39, 0.29) is 1.43 Å². The molecular formula is C28H41N3O. The predicted molar refractivity (Wildman–Crippen MR) is 133 cm³/mol. The number of piperidine rings is 3. The van der Waals surface area contributed by atoms with E-state index in [0.29, 0.717) is 11.8 Å². The molecule has 4 fully saturated rings. The van der Waals surface area contributed by atoms with Gasteiger partial charge in [-0.1, -0.05) is 54.6 Å². The van der Waals surface area contributed by atoms with Gasteiger partial charge < -0.3 is 14.9 Å². The zero-order valence-corrected chi connectivity index (χ0v) is 19.6. The van der Waals surface area contributed by atoms with E-state index < -0.39 is 5.60 Å². The molecule has 4 saturated heterocycles. The van der Waals surface area contributed by atoms with Crippen LogP contribution in [0.25, 0.3) is 0 Å². The summed E-state index contributed by atoms with van der Waals surface area (Å²) in [5.74, 6) is 0.981. The Morgan fingerprint density at radius 3 is 2.31 bits per heavy atom. The molecule has 0 aromatic heterocycles. The second-order valence-corrected chi connectivity index (χ2v) is 10.4. The standard InChI is InChI=1S/C28H39N3O.H2/c1-29-16-18-31(19-17-29)21-24-7-5-6-23(20-24)10-13-28(32,26-8-3-2-4-9-26)27-22-30-14-11-25(27)12-15-30;/h2-9,20,25,27,32H,10-19,21-22H2,1H3;1H. The Balaban J connectivity index is 0.00000259. The number of hydrogen-bond acceptors (Lipinski definition) is 4. The first-order valence-corrected chi connectivity index (χ1v) is 12.6. The summed E-state index contributed by atoms with van der Waals surface area (Å²) in [6, 6.07) is 19.6. The van der Waals surface area contributed by atoms with Crippen LogP contribution in [0.2, 0.25) is 0 Å². The van der Waals surface area contributed by atoms with Crippen molar-refractivity contribution in [3.8, 4) is 0 Å². The minimum absolute atomic E-state index is 0. The summed E-state index contributed by atoms with van der Waals surface area (Å²) < 4.78 is 0. The maximum Gasteiger partial charge on any atom is 0.0942 e. The average Bonchev–Trinajstić information content (AvgIpc) is 2.85. The zero-order chi connectivity index (χ0) is 22.0. The highest BCUT2D eigenvalue weighted by Crippen LogP contribution is 2.45. The van der Waals surface area contributed by atoms with Gasteiger partial charge >= 0.3 is 0 Å². The Kier molecular flexibility index (Phi) is 6.66. The van der Waals surface area contributed by atoms with Gasteiger partial charge in [0.25, 0.3) is 0 Å². The molecule has 2 bridgehead atoms. The van der Waals surface area contributed by atoms with Crippen molar-refractivity contribution in [2.24, 2.45) is 11.8 Å². The molecule has 6 rings (SSSR count). The maximum absolute atomic E-state index is 12.2. The molecule has 0 spiro atoms. The third kappa shape index (κ3) is 4.79. The van der Waals surface area contributed by atoms with Gasteiger partial charge in [0.2, 0.25) is 0 Å². The van der Waals surface area contributed by atoms with E-state index in [9.17, 15) is 5.11 Å². The molecule has 4 aliphatic rings. The Hall–Kier alpha value is -1.72. The Morgan fingerprint density at radius 2 is 1.62 bits per heavy atom. The first-order chi connectivity index (χ1) is 15.6. The van der Waals surface area contributed by atoms with Crippen molar-refractivity contribution in [1.29, 1.82) is 0 Å². The molecule has 1 N–H and O–H groups in total. The molecule has 4 aliphatic heterocycles. The summed E-state index contributed by atoms with van der Waals surface area (Å²) in [4.78, 5) is 7.54.